The number of rotatable bonds is 2. The minimum absolute atomic E-state index is 0.543. The van der Waals surface area contributed by atoms with Gasteiger partial charge in [-0.3, -0.25) is 0 Å². The van der Waals surface area contributed by atoms with Crippen molar-refractivity contribution in [2.45, 2.75) is 12.0 Å². The largest absolute Gasteiger partial charge is 0.387 e. The molecule has 2 aromatic rings. The van der Waals surface area contributed by atoms with Crippen LogP contribution < -0.4 is 5.32 Å². The van der Waals surface area contributed by atoms with Gasteiger partial charge in [-0.2, -0.15) is 0 Å². The molecule has 0 aliphatic carbocycles. The second-order valence-corrected chi connectivity index (χ2v) is 4.79. The summed E-state index contributed by atoms with van der Waals surface area (Å²) in [5.41, 5.74) is 1.93. The Morgan fingerprint density at radius 1 is 1.38 bits per heavy atom. The van der Waals surface area contributed by atoms with E-state index in [-0.39, 0.29) is 0 Å². The van der Waals surface area contributed by atoms with Crippen LogP contribution >= 0.6 is 0 Å². The van der Waals surface area contributed by atoms with Crippen molar-refractivity contribution in [3.8, 4) is 0 Å². The first-order valence-electron chi connectivity index (χ1n) is 5.64. The summed E-state index contributed by atoms with van der Waals surface area (Å²) >= 11 is 0. The van der Waals surface area contributed by atoms with E-state index in [4.69, 9.17) is 0 Å². The number of nitrogens with zero attached hydrogens (tertiary/aromatic N) is 1. The Labute approximate surface area is 94.7 Å². The van der Waals surface area contributed by atoms with Crippen molar-refractivity contribution in [2.24, 2.45) is 7.05 Å². The van der Waals surface area contributed by atoms with Crippen molar-refractivity contribution >= 4 is 10.9 Å². The molecular weight excluding hydrogens is 200 g/mol. The molecule has 0 radical (unpaired) electrons. The highest BCUT2D eigenvalue weighted by molar-refractivity contribution is 5.83. The summed E-state index contributed by atoms with van der Waals surface area (Å²) in [6.07, 6.45) is 2.80. The first kappa shape index (κ1) is 9.87. The molecule has 0 atom stereocenters. The van der Waals surface area contributed by atoms with E-state index in [1.807, 2.05) is 0 Å². The maximum Gasteiger partial charge on any atom is 0.0935 e. The van der Waals surface area contributed by atoms with E-state index >= 15 is 0 Å². The maximum atomic E-state index is 10.2. The Morgan fingerprint density at radius 2 is 2.19 bits per heavy atom. The Balaban J connectivity index is 2.05. The van der Waals surface area contributed by atoms with Crippen LogP contribution in [0, 0.1) is 0 Å². The Morgan fingerprint density at radius 3 is 2.88 bits per heavy atom. The van der Waals surface area contributed by atoms with Gasteiger partial charge in [0.25, 0.3) is 0 Å². The molecule has 1 aliphatic heterocycles. The number of nitrogens with one attached hydrogen (secondary N) is 1. The van der Waals surface area contributed by atoms with E-state index < -0.39 is 5.60 Å². The van der Waals surface area contributed by atoms with Gasteiger partial charge in [0.2, 0.25) is 0 Å². The van der Waals surface area contributed by atoms with Crippen LogP contribution in [0.2, 0.25) is 0 Å². The predicted octanol–water partition coefficient (Wildman–Crippen LogP) is 1.06. The molecule has 2 heterocycles. The summed E-state index contributed by atoms with van der Waals surface area (Å²) in [6.45, 7) is 1.40. The summed E-state index contributed by atoms with van der Waals surface area (Å²) in [5, 5.41) is 14.5. The zero-order chi connectivity index (χ0) is 11.2. The van der Waals surface area contributed by atoms with Gasteiger partial charge in [0.05, 0.1) is 11.1 Å². The van der Waals surface area contributed by atoms with Crippen LogP contribution in [0.25, 0.3) is 10.9 Å². The smallest absolute Gasteiger partial charge is 0.0935 e. The van der Waals surface area contributed by atoms with Crippen LogP contribution in [0.4, 0.5) is 0 Å². The fraction of sp³-hybridized carbons (Fsp3) is 0.385. The van der Waals surface area contributed by atoms with Crippen molar-refractivity contribution in [2.75, 3.05) is 13.1 Å². The van der Waals surface area contributed by atoms with Crippen LogP contribution in [-0.2, 0) is 13.5 Å². The molecule has 3 nitrogen and oxygen atoms in total. The number of para-hydroxylation sites is 1. The van der Waals surface area contributed by atoms with Gasteiger partial charge >= 0.3 is 0 Å². The predicted molar refractivity (Wildman–Crippen MR) is 64.4 cm³/mol. The standard InChI is InChI=1S/C13H16N2O/c1-15-6-5-10-3-2-4-11(12(10)15)7-13(16)8-14-9-13/h2-6,14,16H,7-9H2,1H3. The van der Waals surface area contributed by atoms with Gasteiger partial charge in [0, 0.05) is 32.8 Å². The summed E-state index contributed by atoms with van der Waals surface area (Å²) in [4.78, 5) is 0. The lowest BCUT2D eigenvalue weighted by Gasteiger charge is -2.37. The van der Waals surface area contributed by atoms with Crippen LogP contribution in [0.15, 0.2) is 30.5 Å². The molecule has 1 aromatic carbocycles. The number of aryl methyl sites for hydroxylation is 1. The minimum atomic E-state index is -0.543. The second kappa shape index (κ2) is 3.34. The molecule has 84 valence electrons. The van der Waals surface area contributed by atoms with Gasteiger partial charge in [-0.15, -0.1) is 0 Å². The molecule has 0 unspecified atom stereocenters. The molecular formula is C13H16N2O. The molecule has 1 fully saturated rings. The molecule has 1 aromatic heterocycles. The molecule has 0 spiro atoms. The molecule has 1 aliphatic rings. The Bertz CT molecular complexity index is 526. The quantitative estimate of drug-likeness (QED) is 0.787. The van der Waals surface area contributed by atoms with Crippen molar-refractivity contribution in [1.29, 1.82) is 0 Å². The minimum Gasteiger partial charge on any atom is -0.387 e. The molecule has 0 saturated carbocycles. The molecule has 1 saturated heterocycles. The van der Waals surface area contributed by atoms with Gasteiger partial charge < -0.3 is 15.0 Å². The van der Waals surface area contributed by atoms with E-state index in [0.717, 1.165) is 6.42 Å². The first-order chi connectivity index (χ1) is 7.68. The number of hydrogen-bond donors (Lipinski definition) is 2. The molecule has 2 N–H and O–H groups in total. The lowest BCUT2D eigenvalue weighted by atomic mass is 9.88. The molecule has 3 heteroatoms. The summed E-state index contributed by atoms with van der Waals surface area (Å²) in [5.74, 6) is 0. The monoisotopic (exact) mass is 216 g/mol. The topological polar surface area (TPSA) is 37.2 Å². The van der Waals surface area contributed by atoms with Crippen LogP contribution in [-0.4, -0.2) is 28.4 Å². The lowest BCUT2D eigenvalue weighted by molar-refractivity contribution is -0.00879. The lowest BCUT2D eigenvalue weighted by Crippen LogP contribution is -2.60. The molecule has 0 amide bonds. The third kappa shape index (κ3) is 1.44. The summed E-state index contributed by atoms with van der Waals surface area (Å²) < 4.78 is 2.13. The summed E-state index contributed by atoms with van der Waals surface area (Å²) in [7, 11) is 2.05. The number of benzene rings is 1. The van der Waals surface area contributed by atoms with E-state index in [1.165, 1.54) is 16.5 Å². The van der Waals surface area contributed by atoms with Gasteiger partial charge in [0.15, 0.2) is 0 Å². The highest BCUT2D eigenvalue weighted by Crippen LogP contribution is 2.25. The van der Waals surface area contributed by atoms with E-state index in [2.05, 4.69) is 47.4 Å². The van der Waals surface area contributed by atoms with Crippen molar-refractivity contribution < 1.29 is 5.11 Å². The first-order valence-corrected chi connectivity index (χ1v) is 5.64. The number of β-amino-alcohol motifs (C(OH)–C–C–N with tert-alkyl or cyclic N) is 1. The summed E-state index contributed by atoms with van der Waals surface area (Å²) in [6, 6.07) is 8.40. The SMILES string of the molecule is Cn1ccc2cccc(CC3(O)CNC3)c21. The number of fused-ring (bicyclic) bond motifs is 1. The number of aliphatic hydroxyl groups is 1. The van der Waals surface area contributed by atoms with Gasteiger partial charge in [-0.25, -0.2) is 0 Å². The number of aromatic nitrogens is 1. The molecule has 16 heavy (non-hydrogen) atoms. The van der Waals surface area contributed by atoms with E-state index in [1.54, 1.807) is 0 Å². The maximum absolute atomic E-state index is 10.2. The molecule has 0 bridgehead atoms. The normalized spacial score (nSPS) is 18.6. The van der Waals surface area contributed by atoms with Crippen molar-refractivity contribution in [3.05, 3.63) is 36.0 Å². The molecule has 3 rings (SSSR count). The zero-order valence-electron chi connectivity index (χ0n) is 9.40. The van der Waals surface area contributed by atoms with Crippen LogP contribution in [0.3, 0.4) is 0 Å². The van der Waals surface area contributed by atoms with Gasteiger partial charge in [-0.05, 0) is 17.0 Å². The third-order valence-corrected chi connectivity index (χ3v) is 3.41. The average Bonchev–Trinajstić information content (AvgIpc) is 2.59. The highest BCUT2D eigenvalue weighted by Gasteiger charge is 2.34. The Hall–Kier alpha value is -1.32. The fourth-order valence-corrected chi connectivity index (χ4v) is 2.48. The van der Waals surface area contributed by atoms with Crippen molar-refractivity contribution in [1.82, 2.24) is 9.88 Å². The average molecular weight is 216 g/mol. The second-order valence-electron chi connectivity index (χ2n) is 4.79. The third-order valence-electron chi connectivity index (χ3n) is 3.41. The van der Waals surface area contributed by atoms with Crippen LogP contribution in [0.1, 0.15) is 5.56 Å². The van der Waals surface area contributed by atoms with Crippen LogP contribution in [0.5, 0.6) is 0 Å². The van der Waals surface area contributed by atoms with E-state index in [0.29, 0.717) is 13.1 Å². The number of hydrogen-bond acceptors (Lipinski definition) is 2. The fourth-order valence-electron chi connectivity index (χ4n) is 2.48. The van der Waals surface area contributed by atoms with Crippen molar-refractivity contribution in [3.63, 3.8) is 0 Å². The van der Waals surface area contributed by atoms with E-state index in [9.17, 15) is 5.11 Å². The zero-order valence-corrected chi connectivity index (χ0v) is 9.40. The van der Waals surface area contributed by atoms with Gasteiger partial charge in [0.1, 0.15) is 0 Å². The highest BCUT2D eigenvalue weighted by atomic mass is 16.3. The van der Waals surface area contributed by atoms with Gasteiger partial charge in [-0.1, -0.05) is 18.2 Å². The Kier molecular flexibility index (Phi) is 2.06.